The van der Waals surface area contributed by atoms with Crippen LogP contribution >= 0.6 is 0 Å². The summed E-state index contributed by atoms with van der Waals surface area (Å²) in [5.41, 5.74) is 2.43. The van der Waals surface area contributed by atoms with Crippen LogP contribution in [0.25, 0.3) is 0 Å². The molecule has 1 aromatic heterocycles. The summed E-state index contributed by atoms with van der Waals surface area (Å²) in [6, 6.07) is 8.41. The van der Waals surface area contributed by atoms with E-state index < -0.39 is 0 Å². The monoisotopic (exact) mass is 258 g/mol. The number of nitrogens with one attached hydrogen (secondary N) is 1. The molecule has 102 valence electrons. The molecule has 2 aromatic rings. The Labute approximate surface area is 114 Å². The van der Waals surface area contributed by atoms with Crippen LogP contribution in [0, 0.1) is 6.92 Å². The van der Waals surface area contributed by atoms with Crippen LogP contribution in [-0.2, 0) is 19.4 Å². The highest BCUT2D eigenvalue weighted by atomic mass is 15.3. The molecule has 0 aliphatic heterocycles. The van der Waals surface area contributed by atoms with Crippen LogP contribution in [0.4, 0.5) is 5.69 Å². The molecule has 4 nitrogen and oxygen atoms in total. The zero-order chi connectivity index (χ0) is 13.7. The number of hydrogen-bond acceptors (Lipinski definition) is 3. The third-order valence-electron chi connectivity index (χ3n) is 3.10. The van der Waals surface area contributed by atoms with Crippen molar-refractivity contribution in [2.45, 2.75) is 40.2 Å². The van der Waals surface area contributed by atoms with Gasteiger partial charge in [0.15, 0.2) is 5.82 Å². The maximum Gasteiger partial charge on any atom is 0.150 e. The molecule has 0 unspecified atom stereocenters. The maximum atomic E-state index is 4.51. The molecule has 1 N–H and O–H groups in total. The van der Waals surface area contributed by atoms with Gasteiger partial charge in [0, 0.05) is 25.1 Å². The van der Waals surface area contributed by atoms with Gasteiger partial charge >= 0.3 is 0 Å². The molecule has 0 aliphatic rings. The number of aryl methyl sites for hydroxylation is 3. The van der Waals surface area contributed by atoms with E-state index in [2.05, 4.69) is 60.4 Å². The first-order chi connectivity index (χ1) is 9.22. The SMILES string of the molecule is CCc1nc(CC)n(CCNc2cccc(C)c2)n1. The van der Waals surface area contributed by atoms with Crippen molar-refractivity contribution in [3.8, 4) is 0 Å². The van der Waals surface area contributed by atoms with Gasteiger partial charge in [0.1, 0.15) is 5.82 Å². The number of nitrogens with zero attached hydrogens (tertiary/aromatic N) is 3. The molecule has 4 heteroatoms. The summed E-state index contributed by atoms with van der Waals surface area (Å²) >= 11 is 0. The van der Waals surface area contributed by atoms with Gasteiger partial charge in [0.25, 0.3) is 0 Å². The number of aromatic nitrogens is 3. The molecular formula is C15H22N4. The zero-order valence-electron chi connectivity index (χ0n) is 12.0. The number of benzene rings is 1. The highest BCUT2D eigenvalue weighted by Crippen LogP contribution is 2.09. The van der Waals surface area contributed by atoms with Gasteiger partial charge in [-0.2, -0.15) is 5.10 Å². The largest absolute Gasteiger partial charge is 0.383 e. The molecule has 0 bridgehead atoms. The van der Waals surface area contributed by atoms with E-state index in [9.17, 15) is 0 Å². The standard InChI is InChI=1S/C15H22N4/c1-4-14-17-15(5-2)19(18-14)10-9-16-13-8-6-7-12(3)11-13/h6-8,11,16H,4-5,9-10H2,1-3H3. The van der Waals surface area contributed by atoms with Crippen LogP contribution in [0.3, 0.4) is 0 Å². The van der Waals surface area contributed by atoms with E-state index in [0.29, 0.717) is 0 Å². The molecular weight excluding hydrogens is 236 g/mol. The van der Waals surface area contributed by atoms with E-state index >= 15 is 0 Å². The van der Waals surface area contributed by atoms with Crippen molar-refractivity contribution < 1.29 is 0 Å². The molecule has 0 aliphatic carbocycles. The lowest BCUT2D eigenvalue weighted by atomic mass is 10.2. The molecule has 0 amide bonds. The molecule has 0 saturated carbocycles. The van der Waals surface area contributed by atoms with Gasteiger partial charge in [0.2, 0.25) is 0 Å². The molecule has 19 heavy (non-hydrogen) atoms. The topological polar surface area (TPSA) is 42.7 Å². The van der Waals surface area contributed by atoms with Crippen LogP contribution in [0.2, 0.25) is 0 Å². The lowest BCUT2D eigenvalue weighted by Crippen LogP contribution is -2.14. The van der Waals surface area contributed by atoms with Crippen LogP contribution in [0.1, 0.15) is 31.1 Å². The van der Waals surface area contributed by atoms with E-state index in [-0.39, 0.29) is 0 Å². The predicted octanol–water partition coefficient (Wildman–Crippen LogP) is 2.82. The zero-order valence-corrected chi connectivity index (χ0v) is 12.0. The summed E-state index contributed by atoms with van der Waals surface area (Å²) in [5, 5.41) is 7.94. The number of rotatable bonds is 6. The summed E-state index contributed by atoms with van der Waals surface area (Å²) < 4.78 is 2.02. The van der Waals surface area contributed by atoms with E-state index in [1.54, 1.807) is 0 Å². The Balaban J connectivity index is 1.93. The molecule has 0 radical (unpaired) electrons. The minimum absolute atomic E-state index is 0.851. The van der Waals surface area contributed by atoms with Gasteiger partial charge in [-0.05, 0) is 24.6 Å². The van der Waals surface area contributed by atoms with Crippen LogP contribution < -0.4 is 5.32 Å². The van der Waals surface area contributed by atoms with E-state index in [4.69, 9.17) is 0 Å². The Morgan fingerprint density at radius 3 is 2.74 bits per heavy atom. The highest BCUT2D eigenvalue weighted by molar-refractivity contribution is 5.45. The first kappa shape index (κ1) is 13.6. The Hall–Kier alpha value is -1.84. The fraction of sp³-hybridized carbons (Fsp3) is 0.467. The van der Waals surface area contributed by atoms with Crippen molar-refractivity contribution in [2.24, 2.45) is 0 Å². The molecule has 0 saturated heterocycles. The van der Waals surface area contributed by atoms with Gasteiger partial charge in [-0.3, -0.25) is 0 Å². The van der Waals surface area contributed by atoms with Crippen molar-refractivity contribution >= 4 is 5.69 Å². The Bertz CT molecular complexity index is 531. The van der Waals surface area contributed by atoms with Crippen molar-refractivity contribution in [3.05, 3.63) is 41.5 Å². The fourth-order valence-electron chi connectivity index (χ4n) is 2.08. The van der Waals surface area contributed by atoms with Crippen molar-refractivity contribution in [2.75, 3.05) is 11.9 Å². The lowest BCUT2D eigenvalue weighted by Gasteiger charge is -2.08. The van der Waals surface area contributed by atoms with Crippen LogP contribution in [0.15, 0.2) is 24.3 Å². The number of anilines is 1. The average molecular weight is 258 g/mol. The smallest absolute Gasteiger partial charge is 0.150 e. The average Bonchev–Trinajstić information content (AvgIpc) is 2.81. The van der Waals surface area contributed by atoms with E-state index in [0.717, 1.165) is 43.3 Å². The summed E-state index contributed by atoms with van der Waals surface area (Å²) in [6.07, 6.45) is 1.82. The van der Waals surface area contributed by atoms with E-state index in [1.165, 1.54) is 5.56 Å². The van der Waals surface area contributed by atoms with Crippen molar-refractivity contribution in [1.82, 2.24) is 14.8 Å². The minimum Gasteiger partial charge on any atom is -0.383 e. The summed E-state index contributed by atoms with van der Waals surface area (Å²) in [7, 11) is 0. The molecule has 0 atom stereocenters. The maximum absolute atomic E-state index is 4.51. The predicted molar refractivity (Wildman–Crippen MR) is 78.4 cm³/mol. The highest BCUT2D eigenvalue weighted by Gasteiger charge is 2.06. The Morgan fingerprint density at radius 2 is 2.05 bits per heavy atom. The molecule has 1 heterocycles. The third-order valence-corrected chi connectivity index (χ3v) is 3.10. The summed E-state index contributed by atoms with van der Waals surface area (Å²) in [4.78, 5) is 4.51. The normalized spacial score (nSPS) is 10.7. The molecule has 2 rings (SSSR count). The molecule has 1 aromatic carbocycles. The molecule has 0 fully saturated rings. The summed E-state index contributed by atoms with van der Waals surface area (Å²) in [5.74, 6) is 2.01. The quantitative estimate of drug-likeness (QED) is 0.866. The lowest BCUT2D eigenvalue weighted by molar-refractivity contribution is 0.597. The van der Waals surface area contributed by atoms with Gasteiger partial charge in [-0.25, -0.2) is 9.67 Å². The van der Waals surface area contributed by atoms with Gasteiger partial charge in [0.05, 0.1) is 6.54 Å². The van der Waals surface area contributed by atoms with Gasteiger partial charge < -0.3 is 5.32 Å². The van der Waals surface area contributed by atoms with Crippen LogP contribution in [0.5, 0.6) is 0 Å². The van der Waals surface area contributed by atoms with Crippen LogP contribution in [-0.4, -0.2) is 21.3 Å². The Kier molecular flexibility index (Phi) is 4.55. The second-order valence-electron chi connectivity index (χ2n) is 4.67. The van der Waals surface area contributed by atoms with Crippen molar-refractivity contribution in [1.29, 1.82) is 0 Å². The minimum atomic E-state index is 0.851. The van der Waals surface area contributed by atoms with Gasteiger partial charge in [-0.15, -0.1) is 0 Å². The number of hydrogen-bond donors (Lipinski definition) is 1. The Morgan fingerprint density at radius 1 is 1.21 bits per heavy atom. The fourth-order valence-corrected chi connectivity index (χ4v) is 2.08. The first-order valence-electron chi connectivity index (χ1n) is 6.96. The second-order valence-corrected chi connectivity index (χ2v) is 4.67. The molecule has 0 spiro atoms. The van der Waals surface area contributed by atoms with Crippen molar-refractivity contribution in [3.63, 3.8) is 0 Å². The first-order valence-corrected chi connectivity index (χ1v) is 6.96. The van der Waals surface area contributed by atoms with E-state index in [1.807, 2.05) is 4.68 Å². The summed E-state index contributed by atoms with van der Waals surface area (Å²) in [6.45, 7) is 8.02. The van der Waals surface area contributed by atoms with Gasteiger partial charge in [-0.1, -0.05) is 26.0 Å². The third kappa shape index (κ3) is 3.56. The second kappa shape index (κ2) is 6.36.